The summed E-state index contributed by atoms with van der Waals surface area (Å²) in [6.07, 6.45) is 6.76. The molecule has 0 saturated heterocycles. The lowest BCUT2D eigenvalue weighted by Gasteiger charge is -2.39. The summed E-state index contributed by atoms with van der Waals surface area (Å²) in [5, 5.41) is 0. The normalized spacial score (nSPS) is 25.1. The van der Waals surface area contributed by atoms with Gasteiger partial charge in [0.05, 0.1) is 6.04 Å². The Morgan fingerprint density at radius 1 is 1.00 bits per heavy atom. The van der Waals surface area contributed by atoms with Gasteiger partial charge in [0.15, 0.2) is 0 Å². The van der Waals surface area contributed by atoms with Crippen LogP contribution in [-0.2, 0) is 0 Å². The van der Waals surface area contributed by atoms with E-state index >= 15 is 0 Å². The number of rotatable bonds is 1. The maximum Gasteiger partial charge on any atom is 0.0561 e. The van der Waals surface area contributed by atoms with E-state index in [0.717, 1.165) is 0 Å². The Bertz CT molecular complexity index is 455. The van der Waals surface area contributed by atoms with Gasteiger partial charge < -0.3 is 0 Å². The highest BCUT2D eigenvalue weighted by atomic mass is 15.1. The van der Waals surface area contributed by atoms with Crippen LogP contribution in [0.4, 0.5) is 0 Å². The Kier molecular flexibility index (Phi) is 3.25. The van der Waals surface area contributed by atoms with Crippen LogP contribution >= 0.6 is 0 Å². The van der Waals surface area contributed by atoms with Crippen molar-refractivity contribution in [2.45, 2.75) is 45.1 Å². The van der Waals surface area contributed by atoms with E-state index in [9.17, 15) is 0 Å². The molecule has 2 aliphatic rings. The van der Waals surface area contributed by atoms with Crippen LogP contribution in [0.3, 0.4) is 0 Å². The number of hydrogen-bond donors (Lipinski definition) is 0. The van der Waals surface area contributed by atoms with Crippen molar-refractivity contribution in [3.8, 4) is 0 Å². The fourth-order valence-electron chi connectivity index (χ4n) is 3.52. The zero-order chi connectivity index (χ0) is 12.5. The summed E-state index contributed by atoms with van der Waals surface area (Å²) in [5.41, 5.74) is 6.34. The number of hydrogen-bond acceptors (Lipinski definition) is 1. The molecular formula is C17H23N. The molecule has 0 saturated carbocycles. The van der Waals surface area contributed by atoms with Gasteiger partial charge in [0.1, 0.15) is 0 Å². The lowest BCUT2D eigenvalue weighted by molar-refractivity contribution is 0.247. The molecule has 0 aromatic heterocycles. The summed E-state index contributed by atoms with van der Waals surface area (Å²) in [7, 11) is 2.28. The van der Waals surface area contributed by atoms with Crippen molar-refractivity contribution >= 4 is 0 Å². The van der Waals surface area contributed by atoms with Gasteiger partial charge in [-0.05, 0) is 57.2 Å². The third-order valence-electron chi connectivity index (χ3n) is 4.56. The molecule has 1 nitrogen and oxygen atoms in total. The molecule has 1 heteroatoms. The molecule has 1 aromatic rings. The molecule has 0 amide bonds. The van der Waals surface area contributed by atoms with Gasteiger partial charge in [-0.25, -0.2) is 0 Å². The predicted octanol–water partition coefficient (Wildman–Crippen LogP) is 4.24. The predicted molar refractivity (Wildman–Crippen MR) is 76.7 cm³/mol. The number of likely N-dealkylation sites (N-methyl/N-ethyl adjacent to an activating group) is 1. The molecule has 0 fully saturated rings. The molecule has 0 spiro atoms. The summed E-state index contributed by atoms with van der Waals surface area (Å²) in [6.45, 7) is 3.39. The monoisotopic (exact) mass is 241 g/mol. The summed E-state index contributed by atoms with van der Waals surface area (Å²) in [5.74, 6) is 0. The van der Waals surface area contributed by atoms with Gasteiger partial charge in [0.25, 0.3) is 0 Å². The molecule has 1 atom stereocenters. The lowest BCUT2D eigenvalue weighted by Crippen LogP contribution is -2.33. The molecule has 3 rings (SSSR count). The highest BCUT2D eigenvalue weighted by Gasteiger charge is 2.29. The average molecular weight is 241 g/mol. The van der Waals surface area contributed by atoms with E-state index in [2.05, 4.69) is 43.1 Å². The molecule has 0 radical (unpaired) electrons. The van der Waals surface area contributed by atoms with Crippen LogP contribution in [0.15, 0.2) is 35.4 Å². The summed E-state index contributed by atoms with van der Waals surface area (Å²) in [4.78, 5) is 2.54. The van der Waals surface area contributed by atoms with Crippen LogP contribution in [-0.4, -0.2) is 18.5 Å². The maximum atomic E-state index is 2.54. The van der Waals surface area contributed by atoms with E-state index < -0.39 is 0 Å². The van der Waals surface area contributed by atoms with E-state index in [0.29, 0.717) is 6.04 Å². The van der Waals surface area contributed by atoms with Crippen molar-refractivity contribution in [3.05, 3.63) is 46.5 Å². The van der Waals surface area contributed by atoms with E-state index in [1.54, 1.807) is 11.1 Å². The lowest BCUT2D eigenvalue weighted by atomic mass is 9.80. The first-order valence-corrected chi connectivity index (χ1v) is 7.23. The first kappa shape index (κ1) is 12.0. The van der Waals surface area contributed by atoms with E-state index in [4.69, 9.17) is 0 Å². The van der Waals surface area contributed by atoms with Gasteiger partial charge in [0.2, 0.25) is 0 Å². The zero-order valence-electron chi connectivity index (χ0n) is 11.6. The quantitative estimate of drug-likeness (QED) is 0.665. The van der Waals surface area contributed by atoms with Crippen molar-refractivity contribution in [1.29, 1.82) is 0 Å². The molecule has 1 aliphatic carbocycles. The molecular weight excluding hydrogens is 218 g/mol. The second kappa shape index (κ2) is 4.89. The minimum absolute atomic E-state index is 0.551. The summed E-state index contributed by atoms with van der Waals surface area (Å²) in [6, 6.07) is 9.69. The van der Waals surface area contributed by atoms with E-state index in [1.807, 2.05) is 0 Å². The van der Waals surface area contributed by atoms with Crippen LogP contribution in [0.1, 0.15) is 49.3 Å². The average Bonchev–Trinajstić information content (AvgIpc) is 2.40. The summed E-state index contributed by atoms with van der Waals surface area (Å²) >= 11 is 0. The Morgan fingerprint density at radius 3 is 2.50 bits per heavy atom. The first-order valence-electron chi connectivity index (χ1n) is 7.23. The van der Waals surface area contributed by atoms with Crippen molar-refractivity contribution in [1.82, 2.24) is 4.90 Å². The number of nitrogens with zero attached hydrogens (tertiary/aromatic N) is 1. The fourth-order valence-corrected chi connectivity index (χ4v) is 3.52. The van der Waals surface area contributed by atoms with Crippen LogP contribution in [0.5, 0.6) is 0 Å². The van der Waals surface area contributed by atoms with Gasteiger partial charge in [-0.1, -0.05) is 35.4 Å². The second-order valence-corrected chi connectivity index (χ2v) is 5.88. The van der Waals surface area contributed by atoms with Gasteiger partial charge in [0, 0.05) is 6.54 Å². The van der Waals surface area contributed by atoms with Gasteiger partial charge in [-0.15, -0.1) is 0 Å². The molecule has 0 bridgehead atoms. The minimum Gasteiger partial charge on any atom is -0.295 e. The Hall–Kier alpha value is -1.08. The van der Waals surface area contributed by atoms with Crippen LogP contribution < -0.4 is 0 Å². The zero-order valence-corrected chi connectivity index (χ0v) is 11.6. The van der Waals surface area contributed by atoms with Crippen LogP contribution in [0.25, 0.3) is 0 Å². The van der Waals surface area contributed by atoms with E-state index in [1.165, 1.54) is 49.8 Å². The standard InChI is InChI=1S/C17H23N/c1-13-7-9-15(10-8-13)17-16-6-4-3-5-14(16)11-12-18(17)2/h7-10,17H,3-6,11-12H2,1-2H3. The largest absolute Gasteiger partial charge is 0.295 e. The SMILES string of the molecule is Cc1ccc(C2C3=C(CCCC3)CCN2C)cc1. The topological polar surface area (TPSA) is 3.24 Å². The molecule has 1 heterocycles. The molecule has 1 unspecified atom stereocenters. The minimum atomic E-state index is 0.551. The Labute approximate surface area is 111 Å². The highest BCUT2D eigenvalue weighted by Crippen LogP contribution is 2.41. The van der Waals surface area contributed by atoms with Crippen molar-refractivity contribution in [2.75, 3.05) is 13.6 Å². The van der Waals surface area contributed by atoms with Gasteiger partial charge in [-0.2, -0.15) is 0 Å². The van der Waals surface area contributed by atoms with Gasteiger partial charge in [-0.3, -0.25) is 4.90 Å². The Morgan fingerprint density at radius 2 is 1.72 bits per heavy atom. The molecule has 18 heavy (non-hydrogen) atoms. The van der Waals surface area contributed by atoms with Crippen LogP contribution in [0, 0.1) is 6.92 Å². The molecule has 0 N–H and O–H groups in total. The van der Waals surface area contributed by atoms with E-state index in [-0.39, 0.29) is 0 Å². The molecule has 1 aliphatic heterocycles. The Balaban J connectivity index is 1.99. The number of benzene rings is 1. The smallest absolute Gasteiger partial charge is 0.0561 e. The molecule has 1 aromatic carbocycles. The van der Waals surface area contributed by atoms with Gasteiger partial charge >= 0.3 is 0 Å². The van der Waals surface area contributed by atoms with Crippen molar-refractivity contribution in [2.24, 2.45) is 0 Å². The van der Waals surface area contributed by atoms with Crippen molar-refractivity contribution < 1.29 is 0 Å². The highest BCUT2D eigenvalue weighted by molar-refractivity contribution is 5.35. The van der Waals surface area contributed by atoms with Crippen molar-refractivity contribution in [3.63, 3.8) is 0 Å². The maximum absolute atomic E-state index is 2.54. The first-order chi connectivity index (χ1) is 8.75. The second-order valence-electron chi connectivity index (χ2n) is 5.88. The summed E-state index contributed by atoms with van der Waals surface area (Å²) < 4.78 is 0. The third kappa shape index (κ3) is 2.12. The van der Waals surface area contributed by atoms with Crippen LogP contribution in [0.2, 0.25) is 0 Å². The molecule has 96 valence electrons. The number of aryl methyl sites for hydroxylation is 1. The third-order valence-corrected chi connectivity index (χ3v) is 4.56. The fraction of sp³-hybridized carbons (Fsp3) is 0.529.